The number of phenols is 2. The quantitative estimate of drug-likeness (QED) is 0.153. The number of aromatic hydroxyl groups is 2. The van der Waals surface area contributed by atoms with Crippen LogP contribution in [0, 0.1) is 0 Å². The van der Waals surface area contributed by atoms with Crippen molar-refractivity contribution in [2.45, 2.75) is 65.2 Å². The highest BCUT2D eigenvalue weighted by Gasteiger charge is 2.14. The average Bonchev–Trinajstić information content (AvgIpc) is 2.93. The van der Waals surface area contributed by atoms with Gasteiger partial charge in [0.2, 0.25) is 11.8 Å². The van der Waals surface area contributed by atoms with Gasteiger partial charge in [-0.25, -0.2) is 0 Å². The molecule has 0 saturated carbocycles. The van der Waals surface area contributed by atoms with E-state index in [2.05, 4.69) is 35.6 Å². The highest BCUT2D eigenvalue weighted by atomic mass is 32.2. The van der Waals surface area contributed by atoms with Gasteiger partial charge in [0.1, 0.15) is 11.5 Å². The highest BCUT2D eigenvalue weighted by Crippen LogP contribution is 2.20. The second kappa shape index (κ2) is 17.0. The summed E-state index contributed by atoms with van der Waals surface area (Å²) < 4.78 is 0. The van der Waals surface area contributed by atoms with Gasteiger partial charge in [-0.15, -0.1) is 0 Å². The van der Waals surface area contributed by atoms with E-state index in [1.54, 1.807) is 24.3 Å². The monoisotopic (exact) mass is 558 g/mol. The summed E-state index contributed by atoms with van der Waals surface area (Å²) in [6, 6.07) is 9.70. The minimum atomic E-state index is -0.605. The van der Waals surface area contributed by atoms with Crippen LogP contribution in [0.25, 0.3) is 0 Å². The van der Waals surface area contributed by atoms with Gasteiger partial charge in [-0.2, -0.15) is 11.8 Å². The van der Waals surface area contributed by atoms with Crippen LogP contribution in [0.3, 0.4) is 0 Å². The summed E-state index contributed by atoms with van der Waals surface area (Å²) in [6.45, 7) is 4.14. The zero-order chi connectivity index (χ0) is 28.6. The zero-order valence-corrected chi connectivity index (χ0v) is 23.3. The van der Waals surface area contributed by atoms with E-state index in [1.165, 1.54) is 23.9 Å². The molecule has 0 saturated heterocycles. The Balaban J connectivity index is 1.64. The van der Waals surface area contributed by atoms with Crippen LogP contribution >= 0.6 is 11.8 Å². The molecule has 4 amide bonds. The Hall–Kier alpha value is -3.73. The van der Waals surface area contributed by atoms with Crippen molar-refractivity contribution in [3.05, 3.63) is 58.7 Å². The van der Waals surface area contributed by atoms with E-state index in [0.29, 0.717) is 11.5 Å². The van der Waals surface area contributed by atoms with Crippen molar-refractivity contribution in [3.63, 3.8) is 0 Å². The summed E-state index contributed by atoms with van der Waals surface area (Å²) in [5, 5.41) is 20.0. The first kappa shape index (κ1) is 31.5. The van der Waals surface area contributed by atoms with E-state index in [1.807, 2.05) is 0 Å². The van der Waals surface area contributed by atoms with Crippen LogP contribution in [-0.2, 0) is 22.4 Å². The Labute approximate surface area is 233 Å². The Morgan fingerprint density at radius 1 is 0.667 bits per heavy atom. The molecule has 0 radical (unpaired) electrons. The van der Waals surface area contributed by atoms with Crippen molar-refractivity contribution >= 4 is 35.4 Å². The maximum atomic E-state index is 12.3. The molecular formula is C28H38N4O6S. The number of amides is 4. The molecule has 2 aromatic rings. The number of benzene rings is 2. The standard InChI is InChI=1S/C28H38N4O6S/c1-3-5-7-19-9-11-23(33)21(17-19)27(37)31-29-25(35)13-15-39-16-14-26(36)30-32-28(38)22-18-20(8-6-4-2)10-12-24(22)34/h9-12,17-18,33-34H,3-8,13-16H2,1-2H3,(H,29,35)(H,30,36)(H,31,37)(H,32,38). The maximum absolute atomic E-state index is 12.3. The Morgan fingerprint density at radius 3 is 1.46 bits per heavy atom. The van der Waals surface area contributed by atoms with Gasteiger partial charge in [0, 0.05) is 24.3 Å². The second-order valence-electron chi connectivity index (χ2n) is 9.03. The molecule has 6 N–H and O–H groups in total. The number of nitrogens with one attached hydrogen (secondary N) is 4. The summed E-state index contributed by atoms with van der Waals surface area (Å²) in [5.74, 6) is -1.52. The SMILES string of the molecule is CCCCc1ccc(O)c(C(=O)NNC(=O)CCSCCC(=O)NNC(=O)c2cc(CCCC)ccc2O)c1. The lowest BCUT2D eigenvalue weighted by atomic mass is 10.0. The molecule has 0 bridgehead atoms. The van der Waals surface area contributed by atoms with Crippen molar-refractivity contribution in [1.82, 2.24) is 21.7 Å². The molecule has 2 rings (SSSR count). The van der Waals surface area contributed by atoms with Gasteiger partial charge in [-0.1, -0.05) is 38.8 Å². The smallest absolute Gasteiger partial charge is 0.273 e. The largest absolute Gasteiger partial charge is 0.507 e. The minimum Gasteiger partial charge on any atom is -0.507 e. The molecule has 39 heavy (non-hydrogen) atoms. The Kier molecular flexibility index (Phi) is 13.7. The minimum absolute atomic E-state index is 0.0933. The Morgan fingerprint density at radius 2 is 1.08 bits per heavy atom. The first-order valence-electron chi connectivity index (χ1n) is 13.1. The van der Waals surface area contributed by atoms with Gasteiger partial charge in [0.25, 0.3) is 11.8 Å². The molecule has 0 aliphatic rings. The van der Waals surface area contributed by atoms with Crippen LogP contribution in [0.1, 0.15) is 84.2 Å². The molecule has 0 aliphatic heterocycles. The number of hydrogen-bond donors (Lipinski definition) is 6. The van der Waals surface area contributed by atoms with Crippen LogP contribution < -0.4 is 21.7 Å². The van der Waals surface area contributed by atoms with Crippen LogP contribution in [-0.4, -0.2) is 45.3 Å². The third kappa shape index (κ3) is 11.3. The van der Waals surface area contributed by atoms with Crippen molar-refractivity contribution in [1.29, 1.82) is 0 Å². The molecule has 0 atom stereocenters. The van der Waals surface area contributed by atoms with Gasteiger partial charge in [-0.3, -0.25) is 40.9 Å². The molecule has 0 heterocycles. The molecule has 11 heteroatoms. The van der Waals surface area contributed by atoms with E-state index in [0.717, 1.165) is 49.7 Å². The van der Waals surface area contributed by atoms with E-state index in [4.69, 9.17) is 0 Å². The molecule has 212 valence electrons. The van der Waals surface area contributed by atoms with E-state index in [-0.39, 0.29) is 35.5 Å². The predicted molar refractivity (Wildman–Crippen MR) is 151 cm³/mol. The number of carbonyl (C=O) groups is 4. The summed E-state index contributed by atoms with van der Waals surface area (Å²) in [7, 11) is 0. The van der Waals surface area contributed by atoms with E-state index in [9.17, 15) is 29.4 Å². The van der Waals surface area contributed by atoms with Gasteiger partial charge < -0.3 is 10.2 Å². The molecular weight excluding hydrogens is 520 g/mol. The highest BCUT2D eigenvalue weighted by molar-refractivity contribution is 7.99. The van der Waals surface area contributed by atoms with Gasteiger partial charge in [0.15, 0.2) is 0 Å². The fourth-order valence-corrected chi connectivity index (χ4v) is 4.41. The van der Waals surface area contributed by atoms with Crippen molar-refractivity contribution in [2.24, 2.45) is 0 Å². The number of aryl methyl sites for hydroxylation is 2. The topological polar surface area (TPSA) is 157 Å². The Bertz CT molecular complexity index is 1050. The molecule has 0 fully saturated rings. The first-order chi connectivity index (χ1) is 18.7. The van der Waals surface area contributed by atoms with Gasteiger partial charge in [-0.05, 0) is 61.1 Å². The maximum Gasteiger partial charge on any atom is 0.273 e. The van der Waals surface area contributed by atoms with Crippen LogP contribution in [0.15, 0.2) is 36.4 Å². The summed E-state index contributed by atoms with van der Waals surface area (Å²) in [5.41, 5.74) is 11.3. The zero-order valence-electron chi connectivity index (χ0n) is 22.5. The fraction of sp³-hybridized carbons (Fsp3) is 0.429. The average molecular weight is 559 g/mol. The lowest BCUT2D eigenvalue weighted by Crippen LogP contribution is -2.42. The summed E-state index contributed by atoms with van der Waals surface area (Å²) in [6.07, 6.45) is 5.76. The van der Waals surface area contributed by atoms with Gasteiger partial charge in [0.05, 0.1) is 11.1 Å². The number of carbonyl (C=O) groups excluding carboxylic acids is 4. The number of thioether (sulfide) groups is 1. The van der Waals surface area contributed by atoms with Crippen LogP contribution in [0.5, 0.6) is 11.5 Å². The number of hydrogen-bond acceptors (Lipinski definition) is 7. The molecule has 10 nitrogen and oxygen atoms in total. The fourth-order valence-electron chi connectivity index (χ4n) is 3.55. The van der Waals surface area contributed by atoms with Gasteiger partial charge >= 0.3 is 0 Å². The third-order valence-electron chi connectivity index (χ3n) is 5.83. The number of phenolic OH excluding ortho intramolecular Hbond substituents is 2. The normalized spacial score (nSPS) is 10.5. The molecule has 0 unspecified atom stereocenters. The van der Waals surface area contributed by atoms with Crippen molar-refractivity contribution < 1.29 is 29.4 Å². The lowest BCUT2D eigenvalue weighted by Gasteiger charge is -2.11. The number of unbranched alkanes of at least 4 members (excludes halogenated alkanes) is 2. The van der Waals surface area contributed by atoms with Crippen molar-refractivity contribution in [2.75, 3.05) is 11.5 Å². The van der Waals surface area contributed by atoms with Crippen molar-refractivity contribution in [3.8, 4) is 11.5 Å². The first-order valence-corrected chi connectivity index (χ1v) is 14.3. The summed E-state index contributed by atoms with van der Waals surface area (Å²) in [4.78, 5) is 48.8. The van der Waals surface area contributed by atoms with Crippen LogP contribution in [0.4, 0.5) is 0 Å². The molecule has 2 aromatic carbocycles. The van der Waals surface area contributed by atoms with E-state index >= 15 is 0 Å². The predicted octanol–water partition coefficient (Wildman–Crippen LogP) is 3.52. The lowest BCUT2D eigenvalue weighted by molar-refractivity contribution is -0.122. The van der Waals surface area contributed by atoms with E-state index < -0.39 is 23.6 Å². The second-order valence-corrected chi connectivity index (χ2v) is 10.3. The molecule has 0 aromatic heterocycles. The molecule has 0 spiro atoms. The van der Waals surface area contributed by atoms with Crippen LogP contribution in [0.2, 0.25) is 0 Å². The summed E-state index contributed by atoms with van der Waals surface area (Å²) >= 11 is 1.37. The third-order valence-corrected chi connectivity index (χ3v) is 6.81. The number of rotatable bonds is 14. The number of hydrazine groups is 2. The molecule has 0 aliphatic carbocycles.